The molecule has 0 aromatic heterocycles. The van der Waals surface area contributed by atoms with E-state index >= 15 is 0 Å². The number of nitrogen functional groups attached to an aromatic ring is 1. The van der Waals surface area contributed by atoms with Crippen LogP contribution in [-0.2, 0) is 17.6 Å². The monoisotopic (exact) mass is 266 g/mol. The van der Waals surface area contributed by atoms with Gasteiger partial charge in [-0.15, -0.1) is 0 Å². The van der Waals surface area contributed by atoms with Crippen LogP contribution in [0, 0.1) is 0 Å². The predicted molar refractivity (Wildman–Crippen MR) is 81.7 cm³/mol. The summed E-state index contributed by atoms with van der Waals surface area (Å²) in [6.07, 6.45) is 2.44. The van der Waals surface area contributed by atoms with Crippen LogP contribution in [0.5, 0.6) is 0 Å². The standard InChI is InChI=1S/C17H18N2O/c18-15-8-9-16-14(12-15)7-4-10-19(16)17(20)11-13-5-2-1-3-6-13/h1-3,5-6,8-9,12H,4,7,10-11,18H2. The van der Waals surface area contributed by atoms with Gasteiger partial charge in [-0.05, 0) is 42.2 Å². The molecule has 1 heterocycles. The summed E-state index contributed by atoms with van der Waals surface area (Å²) >= 11 is 0. The first-order valence-electron chi connectivity index (χ1n) is 6.97. The quantitative estimate of drug-likeness (QED) is 0.850. The highest BCUT2D eigenvalue weighted by Crippen LogP contribution is 2.29. The minimum Gasteiger partial charge on any atom is -0.399 e. The average Bonchev–Trinajstić information content (AvgIpc) is 2.47. The molecular formula is C17H18N2O. The van der Waals surface area contributed by atoms with E-state index < -0.39 is 0 Å². The fourth-order valence-corrected chi connectivity index (χ4v) is 2.74. The van der Waals surface area contributed by atoms with E-state index in [1.165, 1.54) is 5.56 Å². The molecule has 3 nitrogen and oxygen atoms in total. The molecular weight excluding hydrogens is 248 g/mol. The summed E-state index contributed by atoms with van der Waals surface area (Å²) in [5, 5.41) is 0. The molecule has 1 amide bonds. The van der Waals surface area contributed by atoms with Crippen molar-refractivity contribution in [2.45, 2.75) is 19.3 Å². The van der Waals surface area contributed by atoms with E-state index in [-0.39, 0.29) is 5.91 Å². The average molecular weight is 266 g/mol. The molecule has 0 saturated heterocycles. The Balaban J connectivity index is 1.83. The van der Waals surface area contributed by atoms with Crippen LogP contribution in [0.15, 0.2) is 48.5 Å². The molecule has 1 aliphatic heterocycles. The Morgan fingerprint density at radius 2 is 1.95 bits per heavy atom. The molecule has 3 heteroatoms. The molecule has 0 saturated carbocycles. The molecule has 102 valence electrons. The summed E-state index contributed by atoms with van der Waals surface area (Å²) in [6.45, 7) is 0.794. The Morgan fingerprint density at radius 3 is 2.75 bits per heavy atom. The lowest BCUT2D eigenvalue weighted by Crippen LogP contribution is -2.36. The van der Waals surface area contributed by atoms with Crippen molar-refractivity contribution in [1.82, 2.24) is 0 Å². The number of benzene rings is 2. The minimum atomic E-state index is 0.155. The van der Waals surface area contributed by atoms with Gasteiger partial charge < -0.3 is 10.6 Å². The number of aryl methyl sites for hydroxylation is 1. The van der Waals surface area contributed by atoms with E-state index in [2.05, 4.69) is 0 Å². The third-order valence-corrected chi connectivity index (χ3v) is 3.72. The van der Waals surface area contributed by atoms with Gasteiger partial charge in [0.15, 0.2) is 0 Å². The van der Waals surface area contributed by atoms with E-state index in [4.69, 9.17) is 5.73 Å². The molecule has 1 aliphatic rings. The fourth-order valence-electron chi connectivity index (χ4n) is 2.74. The van der Waals surface area contributed by atoms with Crippen molar-refractivity contribution in [1.29, 1.82) is 0 Å². The van der Waals surface area contributed by atoms with Gasteiger partial charge in [0.25, 0.3) is 0 Å². The molecule has 20 heavy (non-hydrogen) atoms. The second-order valence-electron chi connectivity index (χ2n) is 5.20. The van der Waals surface area contributed by atoms with Crippen LogP contribution in [0.25, 0.3) is 0 Å². The number of anilines is 2. The molecule has 0 fully saturated rings. The lowest BCUT2D eigenvalue weighted by atomic mass is 10.00. The van der Waals surface area contributed by atoms with Crippen LogP contribution in [0.4, 0.5) is 11.4 Å². The van der Waals surface area contributed by atoms with Gasteiger partial charge in [-0.1, -0.05) is 30.3 Å². The van der Waals surface area contributed by atoms with E-state index in [0.29, 0.717) is 6.42 Å². The van der Waals surface area contributed by atoms with Gasteiger partial charge in [-0.25, -0.2) is 0 Å². The Labute approximate surface area is 119 Å². The van der Waals surface area contributed by atoms with Crippen LogP contribution < -0.4 is 10.6 Å². The highest BCUT2D eigenvalue weighted by molar-refractivity contribution is 5.96. The SMILES string of the molecule is Nc1ccc2c(c1)CCCN2C(=O)Cc1ccccc1. The zero-order chi connectivity index (χ0) is 13.9. The zero-order valence-electron chi connectivity index (χ0n) is 11.4. The maximum absolute atomic E-state index is 12.5. The number of fused-ring (bicyclic) bond motifs is 1. The molecule has 0 radical (unpaired) electrons. The highest BCUT2D eigenvalue weighted by Gasteiger charge is 2.22. The molecule has 0 bridgehead atoms. The van der Waals surface area contributed by atoms with Gasteiger partial charge in [-0.2, -0.15) is 0 Å². The van der Waals surface area contributed by atoms with Gasteiger partial charge in [0, 0.05) is 17.9 Å². The Bertz CT molecular complexity index is 622. The van der Waals surface area contributed by atoms with Gasteiger partial charge in [0.2, 0.25) is 5.91 Å². The molecule has 0 aliphatic carbocycles. The van der Waals surface area contributed by atoms with Crippen LogP contribution in [0.1, 0.15) is 17.5 Å². The van der Waals surface area contributed by atoms with Crippen molar-refractivity contribution in [2.24, 2.45) is 0 Å². The van der Waals surface area contributed by atoms with E-state index in [1.807, 2.05) is 53.4 Å². The first-order valence-corrected chi connectivity index (χ1v) is 6.97. The Kier molecular flexibility index (Phi) is 3.42. The second-order valence-corrected chi connectivity index (χ2v) is 5.20. The Morgan fingerprint density at radius 1 is 1.15 bits per heavy atom. The number of rotatable bonds is 2. The summed E-state index contributed by atoms with van der Waals surface area (Å²) in [5.41, 5.74) is 9.84. The first kappa shape index (κ1) is 12.7. The molecule has 2 aromatic carbocycles. The maximum Gasteiger partial charge on any atom is 0.231 e. The van der Waals surface area contributed by atoms with Crippen LogP contribution in [0.3, 0.4) is 0 Å². The molecule has 3 rings (SSSR count). The van der Waals surface area contributed by atoms with E-state index in [9.17, 15) is 4.79 Å². The fraction of sp³-hybridized carbons (Fsp3) is 0.235. The van der Waals surface area contributed by atoms with Crippen molar-refractivity contribution in [3.05, 3.63) is 59.7 Å². The number of carbonyl (C=O) groups is 1. The third kappa shape index (κ3) is 2.52. The zero-order valence-corrected chi connectivity index (χ0v) is 11.4. The first-order chi connectivity index (χ1) is 9.74. The van der Waals surface area contributed by atoms with Gasteiger partial charge >= 0.3 is 0 Å². The van der Waals surface area contributed by atoms with E-state index in [1.54, 1.807) is 0 Å². The van der Waals surface area contributed by atoms with Crippen molar-refractivity contribution in [3.63, 3.8) is 0 Å². The topological polar surface area (TPSA) is 46.3 Å². The Hall–Kier alpha value is -2.29. The number of nitrogens with two attached hydrogens (primary N) is 1. The van der Waals surface area contributed by atoms with Crippen LogP contribution in [0.2, 0.25) is 0 Å². The number of carbonyl (C=O) groups excluding carboxylic acids is 1. The van der Waals surface area contributed by atoms with Crippen molar-refractivity contribution < 1.29 is 4.79 Å². The molecule has 0 atom stereocenters. The minimum absolute atomic E-state index is 0.155. The third-order valence-electron chi connectivity index (χ3n) is 3.72. The predicted octanol–water partition coefficient (Wildman–Crippen LogP) is 2.79. The summed E-state index contributed by atoms with van der Waals surface area (Å²) < 4.78 is 0. The van der Waals surface area contributed by atoms with Crippen molar-refractivity contribution in [3.8, 4) is 0 Å². The number of nitrogens with zero attached hydrogens (tertiary/aromatic N) is 1. The molecule has 0 unspecified atom stereocenters. The summed E-state index contributed by atoms with van der Waals surface area (Å²) in [5.74, 6) is 0.155. The summed E-state index contributed by atoms with van der Waals surface area (Å²) in [7, 11) is 0. The summed E-state index contributed by atoms with van der Waals surface area (Å²) in [4.78, 5) is 14.4. The smallest absolute Gasteiger partial charge is 0.231 e. The molecule has 2 N–H and O–H groups in total. The van der Waals surface area contributed by atoms with Crippen LogP contribution >= 0.6 is 0 Å². The highest BCUT2D eigenvalue weighted by atomic mass is 16.2. The van der Waals surface area contributed by atoms with Gasteiger partial charge in [0.1, 0.15) is 0 Å². The molecule has 0 spiro atoms. The summed E-state index contributed by atoms with van der Waals surface area (Å²) in [6, 6.07) is 15.7. The van der Waals surface area contributed by atoms with Crippen LogP contribution in [-0.4, -0.2) is 12.5 Å². The second kappa shape index (κ2) is 5.37. The van der Waals surface area contributed by atoms with Crippen molar-refractivity contribution >= 4 is 17.3 Å². The normalized spacial score (nSPS) is 13.9. The van der Waals surface area contributed by atoms with E-state index in [0.717, 1.165) is 36.3 Å². The molecule has 2 aromatic rings. The number of amides is 1. The lowest BCUT2D eigenvalue weighted by Gasteiger charge is -2.29. The number of hydrogen-bond donors (Lipinski definition) is 1. The van der Waals surface area contributed by atoms with Gasteiger partial charge in [-0.3, -0.25) is 4.79 Å². The maximum atomic E-state index is 12.5. The van der Waals surface area contributed by atoms with Gasteiger partial charge in [0.05, 0.1) is 6.42 Å². The largest absolute Gasteiger partial charge is 0.399 e. The lowest BCUT2D eigenvalue weighted by molar-refractivity contribution is -0.118. The van der Waals surface area contributed by atoms with Crippen molar-refractivity contribution in [2.75, 3.05) is 17.2 Å². The number of hydrogen-bond acceptors (Lipinski definition) is 2.